The molecule has 4 nitrogen and oxygen atoms in total. The van der Waals surface area contributed by atoms with E-state index in [2.05, 4.69) is 11.8 Å². The second-order valence-corrected chi connectivity index (χ2v) is 7.31. The highest BCUT2D eigenvalue weighted by atomic mass is 35.5. The Kier molecular flexibility index (Phi) is 6.26. The lowest BCUT2D eigenvalue weighted by Gasteiger charge is -2.37. The van der Waals surface area contributed by atoms with E-state index in [4.69, 9.17) is 9.84 Å². The summed E-state index contributed by atoms with van der Waals surface area (Å²) in [5, 5.41) is 8.95. The number of carbonyl (C=O) groups is 1. The first-order valence-electron chi connectivity index (χ1n) is 9.17. The van der Waals surface area contributed by atoms with E-state index in [1.54, 1.807) is 12.1 Å². The highest BCUT2D eigenvalue weighted by Crippen LogP contribution is 2.31. The molecule has 1 saturated heterocycles. The fourth-order valence-corrected chi connectivity index (χ4v) is 3.36. The molecule has 0 unspecified atom stereocenters. The third-order valence-corrected chi connectivity index (χ3v) is 4.99. The lowest BCUT2D eigenvalue weighted by atomic mass is 9.98. The molecule has 1 N–H and O–H groups in total. The van der Waals surface area contributed by atoms with E-state index >= 15 is 0 Å². The monoisotopic (exact) mass is 413 g/mol. The van der Waals surface area contributed by atoms with Crippen LogP contribution in [0.15, 0.2) is 42.0 Å². The molecule has 2 heterocycles. The van der Waals surface area contributed by atoms with Gasteiger partial charge in [0.25, 0.3) is 0 Å². The summed E-state index contributed by atoms with van der Waals surface area (Å²) < 4.78 is 20.4. The normalized spacial score (nSPS) is 15.6. The van der Waals surface area contributed by atoms with Gasteiger partial charge in [-0.1, -0.05) is 29.5 Å². The van der Waals surface area contributed by atoms with Crippen molar-refractivity contribution in [2.75, 3.05) is 26.2 Å². The summed E-state index contributed by atoms with van der Waals surface area (Å²) in [7, 11) is 0. The molecule has 2 aliphatic heterocycles. The molecular formula is C23H21ClFNO3. The van der Waals surface area contributed by atoms with Gasteiger partial charge in [0.15, 0.2) is 0 Å². The summed E-state index contributed by atoms with van der Waals surface area (Å²) in [6.45, 7) is 4.03. The molecule has 0 amide bonds. The number of aryl methyl sites for hydroxylation is 1. The Labute approximate surface area is 175 Å². The highest BCUT2D eigenvalue weighted by Gasteiger charge is 2.33. The van der Waals surface area contributed by atoms with Crippen molar-refractivity contribution < 1.29 is 19.0 Å². The maximum absolute atomic E-state index is 14.6. The highest BCUT2D eigenvalue weighted by molar-refractivity contribution is 5.85. The van der Waals surface area contributed by atoms with E-state index in [1.165, 1.54) is 6.07 Å². The number of nitrogens with zero attached hydrogens (tertiary/aromatic N) is 1. The largest absolute Gasteiger partial charge is 0.488 e. The molecule has 2 aliphatic rings. The molecule has 2 aromatic rings. The van der Waals surface area contributed by atoms with Gasteiger partial charge >= 0.3 is 5.97 Å². The average molecular weight is 414 g/mol. The number of carboxylic acids is 1. The van der Waals surface area contributed by atoms with Crippen LogP contribution in [0.2, 0.25) is 0 Å². The van der Waals surface area contributed by atoms with Crippen LogP contribution in [-0.4, -0.2) is 42.2 Å². The van der Waals surface area contributed by atoms with Crippen LogP contribution in [0, 0.1) is 30.5 Å². The molecule has 29 heavy (non-hydrogen) atoms. The molecule has 0 aliphatic carbocycles. The van der Waals surface area contributed by atoms with Crippen molar-refractivity contribution in [1.29, 1.82) is 0 Å². The smallest absolute Gasteiger partial charge is 0.309 e. The van der Waals surface area contributed by atoms with E-state index in [1.807, 2.05) is 36.1 Å². The number of hydrogen-bond donors (Lipinski definition) is 1. The molecule has 0 bridgehead atoms. The zero-order valence-corrected chi connectivity index (χ0v) is 16.8. The van der Waals surface area contributed by atoms with Gasteiger partial charge in [0.05, 0.1) is 11.5 Å². The summed E-state index contributed by atoms with van der Waals surface area (Å²) in [5.74, 6) is 5.10. The maximum Gasteiger partial charge on any atom is 0.309 e. The van der Waals surface area contributed by atoms with Crippen molar-refractivity contribution in [3.63, 3.8) is 0 Å². The van der Waals surface area contributed by atoms with Crippen molar-refractivity contribution in [3.8, 4) is 17.6 Å². The van der Waals surface area contributed by atoms with Crippen molar-refractivity contribution in [2.24, 2.45) is 5.92 Å². The SMILES string of the molecule is Cc1ccc(C#Cc2cc(F)c3c(c2)OCC(CN2CC(C(=O)O)C2)=C3)cc1.Cl. The van der Waals surface area contributed by atoms with E-state index in [9.17, 15) is 9.18 Å². The number of likely N-dealkylation sites (tertiary alicyclic amines) is 1. The van der Waals surface area contributed by atoms with Gasteiger partial charge in [0.1, 0.15) is 18.2 Å². The fraction of sp³-hybridized carbons (Fsp3) is 0.261. The third kappa shape index (κ3) is 4.79. The zero-order valence-electron chi connectivity index (χ0n) is 15.9. The molecule has 0 saturated carbocycles. The lowest BCUT2D eigenvalue weighted by Crippen LogP contribution is -2.51. The number of ether oxygens (including phenoxy) is 1. The number of fused-ring (bicyclic) bond motifs is 1. The minimum absolute atomic E-state index is 0. The third-order valence-electron chi connectivity index (χ3n) is 4.99. The summed E-state index contributed by atoms with van der Waals surface area (Å²) in [5.41, 5.74) is 3.98. The summed E-state index contributed by atoms with van der Waals surface area (Å²) in [6.07, 6.45) is 1.81. The van der Waals surface area contributed by atoms with Crippen LogP contribution in [0.4, 0.5) is 4.39 Å². The van der Waals surface area contributed by atoms with Gasteiger partial charge < -0.3 is 9.84 Å². The first kappa shape index (κ1) is 20.9. The van der Waals surface area contributed by atoms with E-state index in [0.29, 0.717) is 43.1 Å². The number of carboxylic acid groups (broad SMARTS) is 1. The first-order valence-corrected chi connectivity index (χ1v) is 9.17. The van der Waals surface area contributed by atoms with E-state index < -0.39 is 5.97 Å². The molecule has 4 rings (SSSR count). The van der Waals surface area contributed by atoms with Gasteiger partial charge in [-0.25, -0.2) is 4.39 Å². The van der Waals surface area contributed by atoms with Gasteiger partial charge in [-0.05, 0) is 42.8 Å². The summed E-state index contributed by atoms with van der Waals surface area (Å²) >= 11 is 0. The second kappa shape index (κ2) is 8.69. The Balaban J connectivity index is 0.00000240. The lowest BCUT2D eigenvalue weighted by molar-refractivity contribution is -0.147. The van der Waals surface area contributed by atoms with Gasteiger partial charge in [0.2, 0.25) is 0 Å². The van der Waals surface area contributed by atoms with Crippen LogP contribution in [0.3, 0.4) is 0 Å². The molecule has 0 radical (unpaired) electrons. The fourth-order valence-electron chi connectivity index (χ4n) is 3.36. The number of rotatable bonds is 3. The number of aliphatic carboxylic acids is 1. The molecule has 150 valence electrons. The molecule has 6 heteroatoms. The van der Waals surface area contributed by atoms with Crippen LogP contribution in [0.25, 0.3) is 6.08 Å². The Morgan fingerprint density at radius 1 is 1.21 bits per heavy atom. The summed E-state index contributed by atoms with van der Waals surface area (Å²) in [4.78, 5) is 12.9. The molecule has 0 atom stereocenters. The summed E-state index contributed by atoms with van der Waals surface area (Å²) in [6, 6.07) is 11.0. The predicted octanol–water partition coefficient (Wildman–Crippen LogP) is 3.75. The number of halogens is 2. The second-order valence-electron chi connectivity index (χ2n) is 7.31. The predicted molar refractivity (Wildman–Crippen MR) is 112 cm³/mol. The average Bonchev–Trinajstić information content (AvgIpc) is 2.64. The minimum atomic E-state index is -0.763. The van der Waals surface area contributed by atoms with Crippen LogP contribution in [-0.2, 0) is 4.79 Å². The minimum Gasteiger partial charge on any atom is -0.488 e. The quantitative estimate of drug-likeness (QED) is 0.779. The molecule has 2 aromatic carbocycles. The van der Waals surface area contributed by atoms with E-state index in [0.717, 1.165) is 16.7 Å². The van der Waals surface area contributed by atoms with Crippen LogP contribution in [0.1, 0.15) is 22.3 Å². The zero-order chi connectivity index (χ0) is 19.7. The van der Waals surface area contributed by atoms with Crippen LogP contribution < -0.4 is 4.74 Å². The molecule has 0 spiro atoms. The number of benzene rings is 2. The van der Waals surface area contributed by atoms with Crippen LogP contribution >= 0.6 is 12.4 Å². The van der Waals surface area contributed by atoms with Crippen LogP contribution in [0.5, 0.6) is 5.75 Å². The Morgan fingerprint density at radius 3 is 2.59 bits per heavy atom. The first-order chi connectivity index (χ1) is 13.5. The maximum atomic E-state index is 14.6. The van der Waals surface area contributed by atoms with Crippen molar-refractivity contribution >= 4 is 24.5 Å². The number of hydrogen-bond acceptors (Lipinski definition) is 3. The van der Waals surface area contributed by atoms with Crippen molar-refractivity contribution in [3.05, 3.63) is 70.0 Å². The van der Waals surface area contributed by atoms with Gasteiger partial charge in [0, 0.05) is 30.8 Å². The van der Waals surface area contributed by atoms with Crippen molar-refractivity contribution in [2.45, 2.75) is 6.92 Å². The van der Waals surface area contributed by atoms with Crippen molar-refractivity contribution in [1.82, 2.24) is 4.90 Å². The molecular weight excluding hydrogens is 393 g/mol. The molecule has 0 aromatic heterocycles. The standard InChI is InChI=1S/C23H20FNO3.ClH/c1-15-2-4-16(5-3-15)6-7-17-9-21(24)20-8-18(14-28-22(20)10-17)11-25-12-19(13-25)23(26)27;/h2-5,8-10,19H,11-14H2,1H3,(H,26,27);1H. The van der Waals surface area contributed by atoms with Gasteiger partial charge in [-0.3, -0.25) is 9.69 Å². The van der Waals surface area contributed by atoms with Gasteiger partial charge in [-0.2, -0.15) is 0 Å². The Morgan fingerprint density at radius 2 is 1.90 bits per heavy atom. The van der Waals surface area contributed by atoms with Gasteiger partial charge in [-0.15, -0.1) is 12.4 Å². The Hall–Kier alpha value is -2.81. The topological polar surface area (TPSA) is 49.8 Å². The Bertz CT molecular complexity index is 1010. The molecule has 1 fully saturated rings. The van der Waals surface area contributed by atoms with E-state index in [-0.39, 0.29) is 24.1 Å².